The van der Waals surface area contributed by atoms with Crippen LogP contribution in [-0.2, 0) is 9.84 Å². The predicted octanol–water partition coefficient (Wildman–Crippen LogP) is 1.84. The smallest absolute Gasteiger partial charge is 0.175 e. The quantitative estimate of drug-likeness (QED) is 0.895. The third-order valence-electron chi connectivity index (χ3n) is 3.69. The molecule has 0 amide bonds. The largest absolute Gasteiger partial charge is 0.385 e. The molecule has 1 atom stereocenters. The molecule has 0 radical (unpaired) electrons. The predicted molar refractivity (Wildman–Crippen MR) is 78.3 cm³/mol. The van der Waals surface area contributed by atoms with Crippen molar-refractivity contribution in [2.45, 2.75) is 18.2 Å². The zero-order chi connectivity index (χ0) is 13.9. The number of sulfone groups is 1. The van der Waals surface area contributed by atoms with Crippen LogP contribution in [0.5, 0.6) is 0 Å². The summed E-state index contributed by atoms with van der Waals surface area (Å²) >= 11 is 0. The van der Waals surface area contributed by atoms with Crippen LogP contribution in [-0.4, -0.2) is 45.8 Å². The van der Waals surface area contributed by atoms with Crippen LogP contribution < -0.4 is 5.32 Å². The molecule has 0 aliphatic carbocycles. The van der Waals surface area contributed by atoms with E-state index < -0.39 is 9.84 Å². The summed E-state index contributed by atoms with van der Waals surface area (Å²) in [5.41, 5.74) is 0.988. The van der Waals surface area contributed by atoms with Crippen LogP contribution in [0.15, 0.2) is 29.2 Å². The number of hydrogen-bond acceptors (Lipinski definition) is 4. The molecule has 1 fully saturated rings. The minimum Gasteiger partial charge on any atom is -0.385 e. The molecule has 0 aromatic heterocycles. The summed E-state index contributed by atoms with van der Waals surface area (Å²) in [5, 5.41) is 3.39. The van der Waals surface area contributed by atoms with Gasteiger partial charge in [-0.3, -0.25) is 0 Å². The average molecular weight is 282 g/mol. The number of nitrogens with zero attached hydrogens (tertiary/aromatic N) is 1. The molecule has 1 aliphatic rings. The van der Waals surface area contributed by atoms with E-state index in [1.54, 1.807) is 12.1 Å². The molecule has 1 aromatic carbocycles. The molecule has 1 saturated heterocycles. The van der Waals surface area contributed by atoms with Crippen LogP contribution in [0.2, 0.25) is 0 Å². The lowest BCUT2D eigenvalue weighted by Crippen LogP contribution is -2.22. The molecule has 19 heavy (non-hydrogen) atoms. The van der Waals surface area contributed by atoms with Gasteiger partial charge in [-0.1, -0.05) is 6.92 Å². The van der Waals surface area contributed by atoms with E-state index in [9.17, 15) is 8.42 Å². The van der Waals surface area contributed by atoms with Gasteiger partial charge in [-0.15, -0.1) is 0 Å². The number of rotatable bonds is 5. The first kappa shape index (κ1) is 14.3. The maximum Gasteiger partial charge on any atom is 0.175 e. The van der Waals surface area contributed by atoms with Crippen molar-refractivity contribution in [2.75, 3.05) is 37.8 Å². The van der Waals surface area contributed by atoms with Gasteiger partial charge in [0.25, 0.3) is 0 Å². The maximum atomic E-state index is 11.4. The van der Waals surface area contributed by atoms with Gasteiger partial charge in [0.2, 0.25) is 0 Å². The Kier molecular flexibility index (Phi) is 4.47. The Morgan fingerprint density at radius 1 is 1.32 bits per heavy atom. The second-order valence-electron chi connectivity index (χ2n) is 5.23. The number of nitrogens with one attached hydrogen (secondary N) is 1. The van der Waals surface area contributed by atoms with E-state index in [0.717, 1.165) is 25.3 Å². The van der Waals surface area contributed by atoms with Gasteiger partial charge < -0.3 is 10.2 Å². The number of hydrogen-bond donors (Lipinski definition) is 1. The van der Waals surface area contributed by atoms with Crippen molar-refractivity contribution in [3.63, 3.8) is 0 Å². The summed E-state index contributed by atoms with van der Waals surface area (Å²) < 4.78 is 22.7. The highest BCUT2D eigenvalue weighted by Gasteiger charge is 2.20. The van der Waals surface area contributed by atoms with Crippen LogP contribution in [0.3, 0.4) is 0 Å². The lowest BCUT2D eigenvalue weighted by atomic mass is 10.1. The molecule has 1 aromatic rings. The second-order valence-corrected chi connectivity index (χ2v) is 7.24. The lowest BCUT2D eigenvalue weighted by molar-refractivity contribution is 0.345. The Morgan fingerprint density at radius 2 is 2.00 bits per heavy atom. The van der Waals surface area contributed by atoms with Crippen molar-refractivity contribution in [3.05, 3.63) is 24.3 Å². The molecular formula is C14H22N2O2S. The minimum atomic E-state index is -3.10. The zero-order valence-corrected chi connectivity index (χ0v) is 12.4. The fraction of sp³-hybridized carbons (Fsp3) is 0.571. The van der Waals surface area contributed by atoms with Gasteiger partial charge in [0.05, 0.1) is 4.90 Å². The fourth-order valence-electron chi connectivity index (χ4n) is 2.45. The molecule has 2 rings (SSSR count). The Balaban J connectivity index is 1.87. The van der Waals surface area contributed by atoms with E-state index in [0.29, 0.717) is 10.8 Å². The van der Waals surface area contributed by atoms with E-state index in [1.165, 1.54) is 19.2 Å². The molecule has 1 heterocycles. The molecule has 0 spiro atoms. The van der Waals surface area contributed by atoms with E-state index in [-0.39, 0.29) is 0 Å². The Morgan fingerprint density at radius 3 is 2.53 bits per heavy atom. The Labute approximate surface area is 115 Å². The molecule has 1 unspecified atom stereocenters. The number of anilines is 1. The number of likely N-dealkylation sites (tertiary alicyclic amines) is 1. The molecule has 106 valence electrons. The fourth-order valence-corrected chi connectivity index (χ4v) is 3.08. The van der Waals surface area contributed by atoms with E-state index in [1.807, 2.05) is 12.1 Å². The standard InChI is InChI=1S/C14H22N2O2S/c1-3-16-9-8-12(11-16)10-15-13-4-6-14(7-5-13)19(2,17)18/h4-7,12,15H,3,8-11H2,1-2H3. The van der Waals surface area contributed by atoms with Gasteiger partial charge in [0.15, 0.2) is 9.84 Å². The van der Waals surface area contributed by atoms with Crippen molar-refractivity contribution in [1.29, 1.82) is 0 Å². The van der Waals surface area contributed by atoms with Crippen LogP contribution >= 0.6 is 0 Å². The van der Waals surface area contributed by atoms with E-state index in [2.05, 4.69) is 17.1 Å². The topological polar surface area (TPSA) is 49.4 Å². The highest BCUT2D eigenvalue weighted by Crippen LogP contribution is 2.18. The first-order chi connectivity index (χ1) is 8.99. The average Bonchev–Trinajstić information content (AvgIpc) is 2.84. The molecule has 0 saturated carbocycles. The maximum absolute atomic E-state index is 11.4. The normalized spacial score (nSPS) is 20.6. The molecular weight excluding hydrogens is 260 g/mol. The lowest BCUT2D eigenvalue weighted by Gasteiger charge is -2.14. The molecule has 4 nitrogen and oxygen atoms in total. The monoisotopic (exact) mass is 282 g/mol. The van der Waals surface area contributed by atoms with Crippen molar-refractivity contribution < 1.29 is 8.42 Å². The van der Waals surface area contributed by atoms with E-state index in [4.69, 9.17) is 0 Å². The first-order valence-electron chi connectivity index (χ1n) is 6.75. The van der Waals surface area contributed by atoms with Crippen LogP contribution in [0.25, 0.3) is 0 Å². The van der Waals surface area contributed by atoms with E-state index >= 15 is 0 Å². The Bertz CT molecular complexity index is 511. The summed E-state index contributed by atoms with van der Waals surface area (Å²) in [7, 11) is -3.10. The van der Waals surface area contributed by atoms with Crippen molar-refractivity contribution in [3.8, 4) is 0 Å². The van der Waals surface area contributed by atoms with Gasteiger partial charge in [-0.05, 0) is 49.7 Å². The third-order valence-corrected chi connectivity index (χ3v) is 4.82. The minimum absolute atomic E-state index is 0.371. The van der Waals surface area contributed by atoms with Crippen molar-refractivity contribution in [1.82, 2.24) is 4.90 Å². The third kappa shape index (κ3) is 3.94. The molecule has 0 bridgehead atoms. The molecule has 1 N–H and O–H groups in total. The van der Waals surface area contributed by atoms with Crippen LogP contribution in [0, 0.1) is 5.92 Å². The van der Waals surface area contributed by atoms with Gasteiger partial charge in [-0.2, -0.15) is 0 Å². The van der Waals surface area contributed by atoms with Crippen molar-refractivity contribution >= 4 is 15.5 Å². The van der Waals surface area contributed by atoms with Crippen LogP contribution in [0.4, 0.5) is 5.69 Å². The summed E-state index contributed by atoms with van der Waals surface area (Å²) in [5.74, 6) is 0.689. The highest BCUT2D eigenvalue weighted by atomic mass is 32.2. The van der Waals surface area contributed by atoms with Gasteiger partial charge in [0.1, 0.15) is 0 Å². The highest BCUT2D eigenvalue weighted by molar-refractivity contribution is 7.90. The van der Waals surface area contributed by atoms with Crippen LogP contribution in [0.1, 0.15) is 13.3 Å². The van der Waals surface area contributed by atoms with Gasteiger partial charge >= 0.3 is 0 Å². The van der Waals surface area contributed by atoms with Gasteiger partial charge in [0, 0.05) is 25.0 Å². The second kappa shape index (κ2) is 5.92. The summed E-state index contributed by atoms with van der Waals surface area (Å²) in [6.07, 6.45) is 2.47. The molecule has 1 aliphatic heterocycles. The van der Waals surface area contributed by atoms with Gasteiger partial charge in [-0.25, -0.2) is 8.42 Å². The zero-order valence-electron chi connectivity index (χ0n) is 11.6. The molecule has 5 heteroatoms. The summed E-state index contributed by atoms with van der Waals surface area (Å²) in [4.78, 5) is 2.83. The first-order valence-corrected chi connectivity index (χ1v) is 8.64. The Hall–Kier alpha value is -1.07. The van der Waals surface area contributed by atoms with Crippen molar-refractivity contribution in [2.24, 2.45) is 5.92 Å². The summed E-state index contributed by atoms with van der Waals surface area (Å²) in [6, 6.07) is 6.99. The number of benzene rings is 1. The summed E-state index contributed by atoms with van der Waals surface area (Å²) in [6.45, 7) is 6.62. The SMILES string of the molecule is CCN1CCC(CNc2ccc(S(C)(=O)=O)cc2)C1.